The molecule has 118 valence electrons. The third-order valence-corrected chi connectivity index (χ3v) is 4.31. The predicted octanol–water partition coefficient (Wildman–Crippen LogP) is 2.21. The summed E-state index contributed by atoms with van der Waals surface area (Å²) in [6.07, 6.45) is 2.20. The summed E-state index contributed by atoms with van der Waals surface area (Å²) in [6, 6.07) is 4.76. The van der Waals surface area contributed by atoms with Crippen molar-refractivity contribution in [3.05, 3.63) is 34.8 Å². The van der Waals surface area contributed by atoms with E-state index >= 15 is 0 Å². The Morgan fingerprint density at radius 2 is 1.82 bits per heavy atom. The lowest BCUT2D eigenvalue weighted by Crippen LogP contribution is -2.41. The maximum atomic E-state index is 11.1. The molecule has 2 rings (SSSR count). The van der Waals surface area contributed by atoms with Gasteiger partial charge in [0.1, 0.15) is 5.75 Å². The molecule has 1 aromatic rings. The SMILES string of the molecule is CC1(C)OB(C(=Cc2cccc(O)c2C=O)CO)OC1(C)C. The van der Waals surface area contributed by atoms with Gasteiger partial charge < -0.3 is 19.5 Å². The summed E-state index contributed by atoms with van der Waals surface area (Å²) in [7, 11) is -0.697. The fraction of sp³-hybridized carbons (Fsp3) is 0.438. The molecule has 5 nitrogen and oxygen atoms in total. The first-order valence-electron chi connectivity index (χ1n) is 7.16. The summed E-state index contributed by atoms with van der Waals surface area (Å²) in [5.74, 6) is -0.102. The van der Waals surface area contributed by atoms with Crippen LogP contribution in [-0.2, 0) is 9.31 Å². The van der Waals surface area contributed by atoms with Gasteiger partial charge in [0.15, 0.2) is 6.29 Å². The summed E-state index contributed by atoms with van der Waals surface area (Å²) in [5, 5.41) is 19.4. The lowest BCUT2D eigenvalue weighted by atomic mass is 9.77. The first kappa shape index (κ1) is 16.7. The molecule has 0 spiro atoms. The molecule has 0 saturated carbocycles. The molecule has 0 atom stereocenters. The van der Waals surface area contributed by atoms with E-state index in [1.165, 1.54) is 6.07 Å². The van der Waals surface area contributed by atoms with Crippen LogP contribution in [0.2, 0.25) is 0 Å². The van der Waals surface area contributed by atoms with Crippen LogP contribution >= 0.6 is 0 Å². The molecule has 0 unspecified atom stereocenters. The summed E-state index contributed by atoms with van der Waals surface area (Å²) < 4.78 is 11.8. The van der Waals surface area contributed by atoms with Gasteiger partial charge in [-0.25, -0.2) is 0 Å². The second-order valence-electron chi connectivity index (χ2n) is 6.36. The number of aliphatic hydroxyl groups is 1. The Morgan fingerprint density at radius 1 is 1.23 bits per heavy atom. The van der Waals surface area contributed by atoms with Gasteiger partial charge in [0, 0.05) is 0 Å². The Kier molecular flexibility index (Phi) is 4.47. The normalized spacial score (nSPS) is 20.2. The molecule has 0 aromatic heterocycles. The summed E-state index contributed by atoms with van der Waals surface area (Å²) in [4.78, 5) is 11.1. The summed E-state index contributed by atoms with van der Waals surface area (Å²) >= 11 is 0. The molecule has 2 N–H and O–H groups in total. The number of hydrogen-bond donors (Lipinski definition) is 2. The molecule has 0 amide bonds. The van der Waals surface area contributed by atoms with E-state index in [0.717, 1.165) is 0 Å². The zero-order valence-electron chi connectivity index (χ0n) is 13.3. The number of carbonyl (C=O) groups is 1. The highest BCUT2D eigenvalue weighted by atomic mass is 16.7. The minimum atomic E-state index is -0.697. The smallest absolute Gasteiger partial charge is 0.492 e. The van der Waals surface area contributed by atoms with Crippen molar-refractivity contribution in [2.75, 3.05) is 6.61 Å². The Labute approximate surface area is 130 Å². The van der Waals surface area contributed by atoms with Gasteiger partial charge in [-0.3, -0.25) is 4.79 Å². The standard InChI is InChI=1S/C16H21BO5/c1-15(2)16(3,4)22-17(21-15)12(9-18)8-11-6-5-7-14(20)13(11)10-19/h5-8,10,18,20H,9H2,1-4H3. The van der Waals surface area contributed by atoms with Crippen LogP contribution < -0.4 is 0 Å². The number of phenolic OH excluding ortho intramolecular Hbond substituents is 1. The van der Waals surface area contributed by atoms with Gasteiger partial charge in [-0.2, -0.15) is 0 Å². The number of hydrogen-bond acceptors (Lipinski definition) is 5. The van der Waals surface area contributed by atoms with Crippen molar-refractivity contribution in [2.24, 2.45) is 0 Å². The average Bonchev–Trinajstić information content (AvgIpc) is 2.64. The fourth-order valence-electron chi connectivity index (χ4n) is 2.21. The maximum Gasteiger partial charge on any atom is 0.492 e. The van der Waals surface area contributed by atoms with Gasteiger partial charge in [0.05, 0.1) is 23.4 Å². The van der Waals surface area contributed by atoms with E-state index in [1.54, 1.807) is 18.2 Å². The van der Waals surface area contributed by atoms with E-state index < -0.39 is 18.3 Å². The molecule has 1 aromatic carbocycles. The average molecular weight is 304 g/mol. The summed E-state index contributed by atoms with van der Waals surface area (Å²) in [6.45, 7) is 7.42. The molecule has 1 saturated heterocycles. The lowest BCUT2D eigenvalue weighted by Gasteiger charge is -2.32. The highest BCUT2D eigenvalue weighted by Gasteiger charge is 2.52. The topological polar surface area (TPSA) is 76.0 Å². The fourth-order valence-corrected chi connectivity index (χ4v) is 2.21. The van der Waals surface area contributed by atoms with Gasteiger partial charge in [-0.05, 0) is 44.8 Å². The second-order valence-corrected chi connectivity index (χ2v) is 6.36. The van der Waals surface area contributed by atoms with Crippen LogP contribution in [0.3, 0.4) is 0 Å². The van der Waals surface area contributed by atoms with Crippen LogP contribution in [0.1, 0.15) is 43.6 Å². The van der Waals surface area contributed by atoms with Crippen molar-refractivity contribution in [3.8, 4) is 5.75 Å². The van der Waals surface area contributed by atoms with Crippen LogP contribution in [0.5, 0.6) is 5.75 Å². The number of aldehydes is 1. The molecule has 0 radical (unpaired) electrons. The van der Waals surface area contributed by atoms with Gasteiger partial charge in [-0.1, -0.05) is 18.2 Å². The third kappa shape index (κ3) is 2.95. The van der Waals surface area contributed by atoms with E-state index in [9.17, 15) is 15.0 Å². The Morgan fingerprint density at radius 3 is 2.32 bits per heavy atom. The number of aromatic hydroxyl groups is 1. The number of benzene rings is 1. The predicted molar refractivity (Wildman–Crippen MR) is 84.6 cm³/mol. The van der Waals surface area contributed by atoms with Crippen molar-refractivity contribution in [1.29, 1.82) is 0 Å². The molecule has 0 aliphatic carbocycles. The zero-order valence-corrected chi connectivity index (χ0v) is 13.3. The molecule has 6 heteroatoms. The van der Waals surface area contributed by atoms with Crippen molar-refractivity contribution < 1.29 is 24.3 Å². The van der Waals surface area contributed by atoms with Crippen molar-refractivity contribution in [1.82, 2.24) is 0 Å². The van der Waals surface area contributed by atoms with Crippen molar-refractivity contribution in [2.45, 2.75) is 38.9 Å². The van der Waals surface area contributed by atoms with Crippen LogP contribution in [0, 0.1) is 0 Å². The van der Waals surface area contributed by atoms with Gasteiger partial charge in [0.2, 0.25) is 0 Å². The second kappa shape index (κ2) is 5.87. The van der Waals surface area contributed by atoms with Crippen LogP contribution in [0.25, 0.3) is 6.08 Å². The molecule has 22 heavy (non-hydrogen) atoms. The first-order valence-corrected chi connectivity index (χ1v) is 7.16. The highest BCUT2D eigenvalue weighted by Crippen LogP contribution is 2.38. The van der Waals surface area contributed by atoms with Gasteiger partial charge in [0.25, 0.3) is 0 Å². The van der Waals surface area contributed by atoms with E-state index in [4.69, 9.17) is 9.31 Å². The van der Waals surface area contributed by atoms with E-state index in [1.807, 2.05) is 27.7 Å². The third-order valence-electron chi connectivity index (χ3n) is 4.31. The Bertz CT molecular complexity index is 591. The quantitative estimate of drug-likeness (QED) is 0.659. The van der Waals surface area contributed by atoms with Crippen molar-refractivity contribution in [3.63, 3.8) is 0 Å². The van der Waals surface area contributed by atoms with E-state index in [-0.39, 0.29) is 17.9 Å². The van der Waals surface area contributed by atoms with Gasteiger partial charge >= 0.3 is 7.12 Å². The Balaban J connectivity index is 2.38. The highest BCUT2D eigenvalue weighted by molar-refractivity contribution is 6.55. The first-order chi connectivity index (χ1) is 10.2. The zero-order chi connectivity index (χ0) is 16.5. The van der Waals surface area contributed by atoms with Crippen LogP contribution in [-0.4, -0.2) is 41.4 Å². The molecular weight excluding hydrogens is 283 g/mol. The van der Waals surface area contributed by atoms with Crippen LogP contribution in [0.4, 0.5) is 0 Å². The lowest BCUT2D eigenvalue weighted by molar-refractivity contribution is 0.00578. The minimum absolute atomic E-state index is 0.102. The van der Waals surface area contributed by atoms with Crippen LogP contribution in [0.15, 0.2) is 23.7 Å². The number of phenols is 1. The molecule has 1 aliphatic rings. The monoisotopic (exact) mass is 304 g/mol. The minimum Gasteiger partial charge on any atom is -0.507 e. The number of carbonyl (C=O) groups excluding carboxylic acids is 1. The number of aliphatic hydroxyl groups excluding tert-OH is 1. The number of rotatable bonds is 4. The van der Waals surface area contributed by atoms with Gasteiger partial charge in [-0.15, -0.1) is 0 Å². The molecule has 1 fully saturated rings. The Hall–Kier alpha value is -1.63. The molecule has 1 aliphatic heterocycles. The van der Waals surface area contributed by atoms with E-state index in [2.05, 4.69) is 0 Å². The molecular formula is C16H21BO5. The molecule has 1 heterocycles. The largest absolute Gasteiger partial charge is 0.507 e. The molecule has 0 bridgehead atoms. The summed E-state index contributed by atoms with van der Waals surface area (Å²) in [5.41, 5.74) is 0.141. The van der Waals surface area contributed by atoms with E-state index in [0.29, 0.717) is 17.3 Å². The van der Waals surface area contributed by atoms with Crippen molar-refractivity contribution >= 4 is 19.5 Å². The maximum absolute atomic E-state index is 11.1.